The summed E-state index contributed by atoms with van der Waals surface area (Å²) in [6, 6.07) is 21.6. The van der Waals surface area contributed by atoms with E-state index < -0.39 is 0 Å². The van der Waals surface area contributed by atoms with Gasteiger partial charge in [-0.15, -0.1) is 11.3 Å². The van der Waals surface area contributed by atoms with Crippen LogP contribution in [0.3, 0.4) is 0 Å². The minimum absolute atomic E-state index is 0.103. The number of hydrogen-bond donors (Lipinski definition) is 0. The van der Waals surface area contributed by atoms with E-state index in [0.29, 0.717) is 35.1 Å². The van der Waals surface area contributed by atoms with Gasteiger partial charge in [-0.2, -0.15) is 0 Å². The number of ether oxygens (including phenoxy) is 4. The van der Waals surface area contributed by atoms with Gasteiger partial charge in [0.05, 0.1) is 36.7 Å². The van der Waals surface area contributed by atoms with Gasteiger partial charge in [0.25, 0.3) is 0 Å². The number of nitrogens with zero attached hydrogens (tertiary/aromatic N) is 2. The zero-order valence-electron chi connectivity index (χ0n) is 22.6. The van der Waals surface area contributed by atoms with E-state index in [1.165, 1.54) is 12.1 Å². The summed E-state index contributed by atoms with van der Waals surface area (Å²) in [5, 5.41) is 2.77. The number of pyridine rings is 1. The molecule has 0 aliphatic carbocycles. The Morgan fingerprint density at radius 3 is 2.63 bits per heavy atom. The predicted molar refractivity (Wildman–Crippen MR) is 155 cm³/mol. The summed E-state index contributed by atoms with van der Waals surface area (Å²) in [6.45, 7) is 0.783. The molecule has 9 heteroatoms. The lowest BCUT2D eigenvalue weighted by Crippen LogP contribution is -2.32. The first-order chi connectivity index (χ1) is 20.0. The lowest BCUT2D eigenvalue weighted by molar-refractivity contribution is -0.131. The number of amides is 1. The normalized spacial score (nSPS) is 12.0. The number of carbonyl (C=O) groups excluding carboxylic acids is 1. The van der Waals surface area contributed by atoms with Gasteiger partial charge in [0.2, 0.25) is 12.7 Å². The van der Waals surface area contributed by atoms with E-state index in [-0.39, 0.29) is 31.5 Å². The minimum Gasteiger partial charge on any atom is -0.497 e. The van der Waals surface area contributed by atoms with Crippen LogP contribution in [0.15, 0.2) is 78.2 Å². The highest BCUT2D eigenvalue weighted by Crippen LogP contribution is 2.34. The lowest BCUT2D eigenvalue weighted by Gasteiger charge is -2.25. The molecule has 0 atom stereocenters. The Bertz CT molecular complexity index is 1720. The molecule has 0 saturated heterocycles. The molecule has 0 radical (unpaired) electrons. The Kier molecular flexibility index (Phi) is 7.43. The average molecular weight is 571 g/mol. The van der Waals surface area contributed by atoms with Gasteiger partial charge in [-0.25, -0.2) is 9.37 Å². The first-order valence-electron chi connectivity index (χ1n) is 13.0. The number of fused-ring (bicyclic) bond motifs is 2. The van der Waals surface area contributed by atoms with Crippen molar-refractivity contribution in [2.75, 3.05) is 21.0 Å². The van der Waals surface area contributed by atoms with Crippen LogP contribution in [0.1, 0.15) is 16.7 Å². The van der Waals surface area contributed by atoms with E-state index in [1.54, 1.807) is 48.7 Å². The van der Waals surface area contributed by atoms with Crippen molar-refractivity contribution < 1.29 is 28.1 Å². The van der Waals surface area contributed by atoms with Crippen molar-refractivity contribution in [2.45, 2.75) is 19.5 Å². The number of halogens is 1. The van der Waals surface area contributed by atoms with Gasteiger partial charge in [0, 0.05) is 30.1 Å². The van der Waals surface area contributed by atoms with Crippen LogP contribution in [-0.4, -0.2) is 36.8 Å². The van der Waals surface area contributed by atoms with Crippen LogP contribution in [0.2, 0.25) is 0 Å². The summed E-state index contributed by atoms with van der Waals surface area (Å²) in [4.78, 5) is 21.6. The van der Waals surface area contributed by atoms with Gasteiger partial charge < -0.3 is 23.8 Å². The van der Waals surface area contributed by atoms with Gasteiger partial charge in [-0.3, -0.25) is 4.79 Å². The van der Waals surface area contributed by atoms with Crippen molar-refractivity contribution in [3.05, 3.63) is 101 Å². The molecule has 6 rings (SSSR count). The van der Waals surface area contributed by atoms with Crippen molar-refractivity contribution >= 4 is 28.1 Å². The molecule has 208 valence electrons. The Morgan fingerprint density at radius 2 is 1.83 bits per heavy atom. The zero-order valence-corrected chi connectivity index (χ0v) is 23.4. The molecule has 0 fully saturated rings. The van der Waals surface area contributed by atoms with E-state index in [4.69, 9.17) is 23.9 Å². The summed E-state index contributed by atoms with van der Waals surface area (Å²) in [6.07, 6.45) is 0.103. The second-order valence-corrected chi connectivity index (χ2v) is 10.6. The summed E-state index contributed by atoms with van der Waals surface area (Å²) in [5.41, 5.74) is 3.76. The van der Waals surface area contributed by atoms with Gasteiger partial charge in [0.15, 0.2) is 11.5 Å². The largest absolute Gasteiger partial charge is 0.497 e. The van der Waals surface area contributed by atoms with Crippen molar-refractivity contribution in [3.63, 3.8) is 0 Å². The molecule has 1 amide bonds. The van der Waals surface area contributed by atoms with Crippen molar-refractivity contribution in [1.82, 2.24) is 9.88 Å². The fourth-order valence-electron chi connectivity index (χ4n) is 4.92. The van der Waals surface area contributed by atoms with Crippen molar-refractivity contribution in [1.29, 1.82) is 0 Å². The molecular weight excluding hydrogens is 543 g/mol. The van der Waals surface area contributed by atoms with E-state index in [2.05, 4.69) is 0 Å². The van der Waals surface area contributed by atoms with Crippen LogP contribution in [0.4, 0.5) is 4.39 Å². The molecule has 1 aliphatic heterocycles. The number of thiophene rings is 1. The van der Waals surface area contributed by atoms with Crippen LogP contribution in [-0.2, 0) is 24.3 Å². The lowest BCUT2D eigenvalue weighted by atomic mass is 10.0. The molecular formula is C32H27FN2O5S. The quantitative estimate of drug-likeness (QED) is 0.198. The SMILES string of the molecule is COc1ccc(OC)c(CC(=O)N(Cc2ccc3c(c2)OCO3)Cc2cc3ccc(F)cc3nc2-c2cccs2)c1. The molecule has 1 aliphatic rings. The molecule has 0 unspecified atom stereocenters. The van der Waals surface area contributed by atoms with Gasteiger partial charge in [0.1, 0.15) is 17.3 Å². The average Bonchev–Trinajstić information content (AvgIpc) is 3.69. The van der Waals surface area contributed by atoms with E-state index >= 15 is 0 Å². The van der Waals surface area contributed by atoms with Gasteiger partial charge in [-0.05, 0) is 71.1 Å². The standard InChI is InChI=1S/C32H27FN2O5S/c1-37-25-8-10-27(38-2)22(14-25)15-31(36)35(17-20-5-9-28-29(12-20)40-19-39-28)18-23-13-21-6-7-24(33)16-26(21)34-32(23)30-4-3-11-41-30/h3-14,16H,15,17-19H2,1-2H3. The van der Waals surface area contributed by atoms with Crippen LogP contribution >= 0.6 is 11.3 Å². The fourth-order valence-corrected chi connectivity index (χ4v) is 5.67. The van der Waals surface area contributed by atoms with Gasteiger partial charge >= 0.3 is 0 Å². The van der Waals surface area contributed by atoms with Crippen molar-refractivity contribution in [3.8, 4) is 33.6 Å². The molecule has 41 heavy (non-hydrogen) atoms. The summed E-state index contributed by atoms with van der Waals surface area (Å²) >= 11 is 1.55. The molecule has 0 spiro atoms. The number of rotatable bonds is 9. The van der Waals surface area contributed by atoms with E-state index in [1.807, 2.05) is 47.8 Å². The van der Waals surface area contributed by atoms with Crippen LogP contribution in [0, 0.1) is 5.82 Å². The topological polar surface area (TPSA) is 70.1 Å². The Morgan fingerprint density at radius 1 is 0.951 bits per heavy atom. The van der Waals surface area contributed by atoms with Crippen LogP contribution < -0.4 is 18.9 Å². The molecule has 0 saturated carbocycles. The highest BCUT2D eigenvalue weighted by atomic mass is 32.1. The molecule has 7 nitrogen and oxygen atoms in total. The highest BCUT2D eigenvalue weighted by molar-refractivity contribution is 7.13. The number of hydrogen-bond acceptors (Lipinski definition) is 7. The maximum atomic E-state index is 14.1. The Balaban J connectivity index is 1.39. The molecule has 3 aromatic carbocycles. The third-order valence-corrected chi connectivity index (χ3v) is 7.84. The third kappa shape index (κ3) is 5.67. The maximum Gasteiger partial charge on any atom is 0.231 e. The number of methoxy groups -OCH3 is 2. The second kappa shape index (κ2) is 11.5. The highest BCUT2D eigenvalue weighted by Gasteiger charge is 2.22. The number of benzene rings is 3. The monoisotopic (exact) mass is 570 g/mol. The second-order valence-electron chi connectivity index (χ2n) is 9.60. The van der Waals surface area contributed by atoms with E-state index in [0.717, 1.165) is 32.6 Å². The molecule has 5 aromatic rings. The number of aromatic nitrogens is 1. The van der Waals surface area contributed by atoms with Crippen molar-refractivity contribution in [2.24, 2.45) is 0 Å². The number of carbonyl (C=O) groups is 1. The van der Waals surface area contributed by atoms with E-state index in [9.17, 15) is 9.18 Å². The summed E-state index contributed by atoms with van der Waals surface area (Å²) in [5.74, 6) is 2.13. The summed E-state index contributed by atoms with van der Waals surface area (Å²) in [7, 11) is 3.17. The first-order valence-corrected chi connectivity index (χ1v) is 13.9. The van der Waals surface area contributed by atoms with Gasteiger partial charge in [-0.1, -0.05) is 12.1 Å². The fraction of sp³-hybridized carbons (Fsp3) is 0.188. The smallest absolute Gasteiger partial charge is 0.231 e. The molecule has 0 N–H and O–H groups in total. The summed E-state index contributed by atoms with van der Waals surface area (Å²) < 4.78 is 36.1. The zero-order chi connectivity index (χ0) is 28.3. The molecule has 2 aromatic heterocycles. The predicted octanol–water partition coefficient (Wildman–Crippen LogP) is 6.62. The maximum absolute atomic E-state index is 14.1. The first kappa shape index (κ1) is 26.6. The Labute approximate surface area is 240 Å². The minimum atomic E-state index is -0.346. The third-order valence-electron chi connectivity index (χ3n) is 6.97. The van der Waals surface area contributed by atoms with Crippen LogP contribution in [0.5, 0.6) is 23.0 Å². The van der Waals surface area contributed by atoms with Crippen LogP contribution in [0.25, 0.3) is 21.5 Å². The molecule has 3 heterocycles. The Hall–Kier alpha value is -4.63. The molecule has 0 bridgehead atoms.